The topological polar surface area (TPSA) is 72.0 Å². The van der Waals surface area contributed by atoms with Crippen LogP contribution in [0.3, 0.4) is 0 Å². The molecule has 1 aromatic heterocycles. The lowest BCUT2D eigenvalue weighted by molar-refractivity contribution is 0.00109. The van der Waals surface area contributed by atoms with Crippen LogP contribution in [-0.4, -0.2) is 31.2 Å². The largest absolute Gasteiger partial charge is 0.365 e. The minimum Gasteiger partial charge on any atom is -0.365 e. The summed E-state index contributed by atoms with van der Waals surface area (Å²) in [5.41, 5.74) is 1.67. The number of imidazole rings is 1. The Labute approximate surface area is 163 Å². The number of aryl methyl sites for hydroxylation is 1. The zero-order valence-electron chi connectivity index (χ0n) is 15.3. The second-order valence-electron chi connectivity index (χ2n) is 7.99. The maximum atomic E-state index is 13.6. The summed E-state index contributed by atoms with van der Waals surface area (Å²) in [4.78, 5) is 7.29. The summed E-state index contributed by atoms with van der Waals surface area (Å²) >= 11 is 5.94. The Balaban J connectivity index is 1.61. The summed E-state index contributed by atoms with van der Waals surface area (Å²) in [5.74, 6) is 0.369. The maximum Gasteiger partial charge on any atom is 0.194 e. The van der Waals surface area contributed by atoms with E-state index < -0.39 is 21.8 Å². The molecule has 1 spiro atoms. The maximum absolute atomic E-state index is 13.6. The number of nitrogens with one attached hydrogen (secondary N) is 1. The van der Waals surface area contributed by atoms with Crippen LogP contribution in [0.5, 0.6) is 0 Å². The highest BCUT2D eigenvalue weighted by Gasteiger charge is 2.52. The van der Waals surface area contributed by atoms with E-state index in [1.165, 1.54) is 37.8 Å². The van der Waals surface area contributed by atoms with Crippen LogP contribution in [0.4, 0.5) is 4.39 Å². The molecule has 2 aliphatic carbocycles. The van der Waals surface area contributed by atoms with E-state index in [0.29, 0.717) is 35.0 Å². The van der Waals surface area contributed by atoms with Gasteiger partial charge in [0, 0.05) is 6.26 Å². The molecule has 0 radical (unpaired) electrons. The van der Waals surface area contributed by atoms with Gasteiger partial charge >= 0.3 is 0 Å². The van der Waals surface area contributed by atoms with Crippen LogP contribution in [0.15, 0.2) is 23.2 Å². The molecule has 1 atom stereocenters. The van der Waals surface area contributed by atoms with Crippen molar-refractivity contribution in [3.05, 3.63) is 46.1 Å². The highest BCUT2D eigenvalue weighted by atomic mass is 35.5. The van der Waals surface area contributed by atoms with Crippen LogP contribution in [0.2, 0.25) is 5.02 Å². The van der Waals surface area contributed by atoms with Crippen LogP contribution < -0.4 is 0 Å². The van der Waals surface area contributed by atoms with Crippen LogP contribution in [0.1, 0.15) is 48.9 Å². The third-order valence-electron chi connectivity index (χ3n) is 5.60. The Hall–Kier alpha value is -1.44. The molecule has 27 heavy (non-hydrogen) atoms. The predicted molar refractivity (Wildman–Crippen MR) is 100 cm³/mol. The molecule has 2 aromatic rings. The summed E-state index contributed by atoms with van der Waals surface area (Å²) < 4.78 is 43.6. The van der Waals surface area contributed by atoms with Gasteiger partial charge in [0.15, 0.2) is 14.9 Å². The number of hydrogen-bond donors (Lipinski definition) is 1. The zero-order chi connectivity index (χ0) is 19.4. The molecule has 2 saturated carbocycles. The van der Waals surface area contributed by atoms with E-state index in [4.69, 9.17) is 16.3 Å². The minimum atomic E-state index is -3.46. The van der Waals surface area contributed by atoms with Gasteiger partial charge in [-0.15, -0.1) is 0 Å². The highest BCUT2D eigenvalue weighted by Crippen LogP contribution is 2.63. The van der Waals surface area contributed by atoms with Gasteiger partial charge in [0.25, 0.3) is 0 Å². The van der Waals surface area contributed by atoms with Gasteiger partial charge in [0.05, 0.1) is 17.3 Å². The molecule has 146 valence electrons. The summed E-state index contributed by atoms with van der Waals surface area (Å²) in [6, 6.07) is 4.37. The number of hydrogen-bond acceptors (Lipinski definition) is 4. The molecule has 0 amide bonds. The lowest BCUT2D eigenvalue weighted by atomic mass is 9.72. The molecule has 2 fully saturated rings. The van der Waals surface area contributed by atoms with Gasteiger partial charge in [-0.25, -0.2) is 17.8 Å². The van der Waals surface area contributed by atoms with Crippen molar-refractivity contribution in [3.8, 4) is 0 Å². The third-order valence-corrected chi connectivity index (χ3v) is 6.99. The standard InChI is InChI=1S/C19H22ClFN2O3S/c1-11-18(27(2,24)25)23-17(22-11)16(13-3-4-15(21)14(20)7-13)26-10-12-8-19(9-12)5-6-19/h3-4,7,12,16H,5-6,8-10H2,1-2H3,(H,22,23). The Kier molecular flexibility index (Phi) is 4.60. The normalized spacial score (nSPS) is 19.9. The molecule has 0 saturated heterocycles. The molecule has 1 N–H and O–H groups in total. The lowest BCUT2D eigenvalue weighted by Crippen LogP contribution is -2.29. The molecular formula is C19H22ClFN2O3S. The van der Waals surface area contributed by atoms with Crippen molar-refractivity contribution in [1.82, 2.24) is 9.97 Å². The van der Waals surface area contributed by atoms with Gasteiger partial charge in [-0.3, -0.25) is 0 Å². The number of sulfone groups is 1. The predicted octanol–water partition coefficient (Wildman–Crippen LogP) is 4.21. The van der Waals surface area contributed by atoms with Crippen LogP contribution in [0, 0.1) is 24.1 Å². The molecule has 1 unspecified atom stereocenters. The van der Waals surface area contributed by atoms with Gasteiger partial charge in [0.1, 0.15) is 17.7 Å². The average molecular weight is 413 g/mol. The number of H-pyrrole nitrogens is 1. The first-order chi connectivity index (χ1) is 12.7. The van der Waals surface area contributed by atoms with Gasteiger partial charge in [-0.05, 0) is 61.6 Å². The smallest absolute Gasteiger partial charge is 0.194 e. The van der Waals surface area contributed by atoms with Crippen LogP contribution >= 0.6 is 11.6 Å². The first-order valence-corrected chi connectivity index (χ1v) is 11.3. The number of aromatic amines is 1. The Morgan fingerprint density at radius 3 is 2.67 bits per heavy atom. The second-order valence-corrected chi connectivity index (χ2v) is 10.3. The molecule has 8 heteroatoms. The fourth-order valence-electron chi connectivity index (χ4n) is 4.06. The monoisotopic (exact) mass is 412 g/mol. The Bertz CT molecular complexity index is 977. The zero-order valence-corrected chi connectivity index (χ0v) is 16.8. The molecular weight excluding hydrogens is 391 g/mol. The number of halogens is 2. The van der Waals surface area contributed by atoms with Crippen LogP contribution in [-0.2, 0) is 14.6 Å². The quantitative estimate of drug-likeness (QED) is 0.771. The van der Waals surface area contributed by atoms with E-state index in [-0.39, 0.29) is 10.0 Å². The van der Waals surface area contributed by atoms with E-state index in [2.05, 4.69) is 9.97 Å². The SMILES string of the molecule is Cc1[nH]c(C(OCC2CC3(CC3)C2)c2ccc(F)c(Cl)c2)nc1S(C)(=O)=O. The molecule has 0 aliphatic heterocycles. The summed E-state index contributed by atoms with van der Waals surface area (Å²) in [7, 11) is -3.46. The van der Waals surface area contributed by atoms with Gasteiger partial charge in [0.2, 0.25) is 0 Å². The molecule has 1 heterocycles. The number of aromatic nitrogens is 2. The van der Waals surface area contributed by atoms with E-state index in [1.54, 1.807) is 13.0 Å². The van der Waals surface area contributed by atoms with Crippen molar-refractivity contribution >= 4 is 21.4 Å². The Morgan fingerprint density at radius 2 is 2.11 bits per heavy atom. The van der Waals surface area contributed by atoms with E-state index in [1.807, 2.05) is 0 Å². The van der Waals surface area contributed by atoms with Gasteiger partial charge in [-0.2, -0.15) is 0 Å². The number of rotatable bonds is 6. The van der Waals surface area contributed by atoms with Crippen molar-refractivity contribution in [1.29, 1.82) is 0 Å². The second kappa shape index (κ2) is 6.57. The van der Waals surface area contributed by atoms with Crippen molar-refractivity contribution in [3.63, 3.8) is 0 Å². The first kappa shape index (κ1) is 18.9. The fourth-order valence-corrected chi connectivity index (χ4v) is 5.12. The number of nitrogens with zero attached hydrogens (tertiary/aromatic N) is 1. The molecule has 1 aromatic carbocycles. The van der Waals surface area contributed by atoms with E-state index in [9.17, 15) is 12.8 Å². The van der Waals surface area contributed by atoms with Crippen LogP contribution in [0.25, 0.3) is 0 Å². The lowest BCUT2D eigenvalue weighted by Gasteiger charge is -2.36. The first-order valence-electron chi connectivity index (χ1n) is 9.00. The summed E-state index contributed by atoms with van der Waals surface area (Å²) in [5, 5.41) is -0.00632. The van der Waals surface area contributed by atoms with Gasteiger partial charge in [-0.1, -0.05) is 17.7 Å². The molecule has 5 nitrogen and oxygen atoms in total. The minimum absolute atomic E-state index is 0.000105. The van der Waals surface area contributed by atoms with Gasteiger partial charge < -0.3 is 9.72 Å². The van der Waals surface area contributed by atoms with Crippen molar-refractivity contribution < 1.29 is 17.5 Å². The summed E-state index contributed by atoms with van der Waals surface area (Å²) in [6.07, 6.45) is 5.47. The van der Waals surface area contributed by atoms with E-state index in [0.717, 1.165) is 6.26 Å². The van der Waals surface area contributed by atoms with Crippen molar-refractivity contribution in [2.24, 2.45) is 11.3 Å². The fraction of sp³-hybridized carbons (Fsp3) is 0.526. The number of benzene rings is 1. The van der Waals surface area contributed by atoms with E-state index >= 15 is 0 Å². The number of ether oxygens (including phenoxy) is 1. The summed E-state index contributed by atoms with van der Waals surface area (Å²) in [6.45, 7) is 2.21. The Morgan fingerprint density at radius 1 is 1.41 bits per heavy atom. The van der Waals surface area contributed by atoms with Crippen molar-refractivity contribution in [2.75, 3.05) is 12.9 Å². The third kappa shape index (κ3) is 3.77. The molecule has 0 bridgehead atoms. The molecule has 2 aliphatic rings. The van der Waals surface area contributed by atoms with Crippen molar-refractivity contribution in [2.45, 2.75) is 43.7 Å². The average Bonchev–Trinajstić information content (AvgIpc) is 3.25. The highest BCUT2D eigenvalue weighted by molar-refractivity contribution is 7.90. The molecule has 4 rings (SSSR count).